The van der Waals surface area contributed by atoms with E-state index in [9.17, 15) is 0 Å². The van der Waals surface area contributed by atoms with Crippen molar-refractivity contribution in [2.75, 3.05) is 13.1 Å². The van der Waals surface area contributed by atoms with Crippen LogP contribution in [0.15, 0.2) is 10.7 Å². The predicted octanol–water partition coefficient (Wildman–Crippen LogP) is 2.21. The summed E-state index contributed by atoms with van der Waals surface area (Å²) in [4.78, 5) is 2.49. The van der Waals surface area contributed by atoms with E-state index in [1.54, 1.807) is 0 Å². The van der Waals surface area contributed by atoms with Gasteiger partial charge >= 0.3 is 0 Å². The molecule has 1 aliphatic heterocycles. The van der Waals surface area contributed by atoms with Crippen LogP contribution in [-0.4, -0.2) is 23.1 Å². The lowest BCUT2D eigenvalue weighted by molar-refractivity contribution is 0.184. The Morgan fingerprint density at radius 3 is 2.79 bits per heavy atom. The third-order valence-corrected chi connectivity index (χ3v) is 3.12. The summed E-state index contributed by atoms with van der Waals surface area (Å²) < 4.78 is 5.05. The smallest absolute Gasteiger partial charge is 0.138 e. The van der Waals surface area contributed by atoms with Gasteiger partial charge in [0.05, 0.1) is 6.20 Å². The van der Waals surface area contributed by atoms with E-state index < -0.39 is 0 Å². The van der Waals surface area contributed by atoms with E-state index in [1.165, 1.54) is 31.5 Å². The van der Waals surface area contributed by atoms with Gasteiger partial charge in [-0.2, -0.15) is 0 Å². The van der Waals surface area contributed by atoms with Gasteiger partial charge in [-0.3, -0.25) is 4.90 Å². The minimum Gasteiger partial charge on any atom is -0.361 e. The van der Waals surface area contributed by atoms with Crippen LogP contribution in [0.3, 0.4) is 0 Å². The van der Waals surface area contributed by atoms with E-state index in [-0.39, 0.29) is 0 Å². The molecule has 1 saturated heterocycles. The molecule has 0 saturated carbocycles. The van der Waals surface area contributed by atoms with Crippen molar-refractivity contribution in [2.24, 2.45) is 5.92 Å². The van der Waals surface area contributed by atoms with Crippen LogP contribution < -0.4 is 0 Å². The Hall–Kier alpha value is -0.830. The van der Waals surface area contributed by atoms with Crippen LogP contribution in [0.4, 0.5) is 0 Å². The summed E-state index contributed by atoms with van der Waals surface area (Å²) in [5, 5.41) is 3.80. The average Bonchev–Trinajstić information content (AvgIpc) is 2.56. The molecule has 14 heavy (non-hydrogen) atoms. The fourth-order valence-corrected chi connectivity index (χ4v) is 1.93. The third kappa shape index (κ3) is 2.15. The van der Waals surface area contributed by atoms with E-state index in [0.717, 1.165) is 18.2 Å². The van der Waals surface area contributed by atoms with Crippen LogP contribution in [0.2, 0.25) is 0 Å². The van der Waals surface area contributed by atoms with Crippen LogP contribution in [0.1, 0.15) is 31.1 Å². The van der Waals surface area contributed by atoms with E-state index in [1.807, 2.05) is 13.1 Å². The molecule has 3 nitrogen and oxygen atoms in total. The maximum absolute atomic E-state index is 5.05. The van der Waals surface area contributed by atoms with Gasteiger partial charge in [0.2, 0.25) is 0 Å². The Balaban J connectivity index is 1.89. The van der Waals surface area contributed by atoms with Crippen molar-refractivity contribution >= 4 is 0 Å². The van der Waals surface area contributed by atoms with Gasteiger partial charge in [-0.25, -0.2) is 0 Å². The summed E-state index contributed by atoms with van der Waals surface area (Å²) >= 11 is 0. The molecule has 0 spiro atoms. The molecular formula is C11H18N2O. The van der Waals surface area contributed by atoms with E-state index in [0.29, 0.717) is 0 Å². The molecule has 0 aliphatic carbocycles. The Morgan fingerprint density at radius 1 is 1.50 bits per heavy atom. The minimum atomic E-state index is 0.898. The summed E-state index contributed by atoms with van der Waals surface area (Å²) in [6.45, 7) is 7.75. The molecule has 1 aromatic rings. The number of aromatic nitrogens is 1. The molecule has 2 heterocycles. The van der Waals surface area contributed by atoms with E-state index in [2.05, 4.69) is 17.0 Å². The van der Waals surface area contributed by atoms with Gasteiger partial charge in [-0.05, 0) is 38.8 Å². The van der Waals surface area contributed by atoms with Gasteiger partial charge in [0, 0.05) is 12.1 Å². The quantitative estimate of drug-likeness (QED) is 0.723. The fraction of sp³-hybridized carbons (Fsp3) is 0.727. The predicted molar refractivity (Wildman–Crippen MR) is 54.9 cm³/mol. The van der Waals surface area contributed by atoms with Gasteiger partial charge < -0.3 is 4.52 Å². The zero-order chi connectivity index (χ0) is 9.97. The average molecular weight is 194 g/mol. The molecule has 1 fully saturated rings. The SMILES string of the molecule is Cc1oncc1CN1CCC(C)CC1. The van der Waals surface area contributed by atoms with Gasteiger partial charge in [-0.15, -0.1) is 0 Å². The molecule has 1 aromatic heterocycles. The van der Waals surface area contributed by atoms with Gasteiger partial charge in [-0.1, -0.05) is 12.1 Å². The molecule has 3 heteroatoms. The first-order valence-corrected chi connectivity index (χ1v) is 5.38. The van der Waals surface area contributed by atoms with Crippen molar-refractivity contribution in [1.29, 1.82) is 0 Å². The van der Waals surface area contributed by atoms with Gasteiger partial charge in [0.25, 0.3) is 0 Å². The van der Waals surface area contributed by atoms with Crippen molar-refractivity contribution in [3.8, 4) is 0 Å². The first kappa shape index (κ1) is 9.71. The summed E-state index contributed by atoms with van der Waals surface area (Å²) in [7, 11) is 0. The third-order valence-electron chi connectivity index (χ3n) is 3.12. The molecule has 0 aromatic carbocycles. The first-order valence-electron chi connectivity index (χ1n) is 5.38. The maximum Gasteiger partial charge on any atom is 0.138 e. The first-order chi connectivity index (χ1) is 6.75. The molecule has 0 unspecified atom stereocenters. The van der Waals surface area contributed by atoms with E-state index in [4.69, 9.17) is 4.52 Å². The molecule has 2 rings (SSSR count). The lowest BCUT2D eigenvalue weighted by Gasteiger charge is -2.29. The standard InChI is InChI=1S/C11H18N2O/c1-9-3-5-13(6-4-9)8-11-7-12-14-10(11)2/h7,9H,3-6,8H2,1-2H3. The summed E-state index contributed by atoms with van der Waals surface area (Å²) in [5.41, 5.74) is 1.24. The van der Waals surface area contributed by atoms with E-state index >= 15 is 0 Å². The number of likely N-dealkylation sites (tertiary alicyclic amines) is 1. The number of nitrogens with zero attached hydrogens (tertiary/aromatic N) is 2. The molecule has 0 radical (unpaired) electrons. The van der Waals surface area contributed by atoms with Crippen molar-refractivity contribution in [3.63, 3.8) is 0 Å². The molecule has 78 valence electrons. The van der Waals surface area contributed by atoms with Crippen molar-refractivity contribution < 1.29 is 4.52 Å². The van der Waals surface area contributed by atoms with Gasteiger partial charge in [0.15, 0.2) is 0 Å². The van der Waals surface area contributed by atoms with Crippen LogP contribution in [0, 0.1) is 12.8 Å². The van der Waals surface area contributed by atoms with Crippen LogP contribution in [0.25, 0.3) is 0 Å². The molecule has 0 atom stereocenters. The molecule has 0 amide bonds. The zero-order valence-corrected chi connectivity index (χ0v) is 8.99. The second-order valence-corrected chi connectivity index (χ2v) is 4.37. The number of aryl methyl sites for hydroxylation is 1. The van der Waals surface area contributed by atoms with Gasteiger partial charge in [0.1, 0.15) is 5.76 Å². The van der Waals surface area contributed by atoms with Crippen molar-refractivity contribution in [2.45, 2.75) is 33.2 Å². The lowest BCUT2D eigenvalue weighted by atomic mass is 9.99. The number of rotatable bonds is 2. The molecular weight excluding hydrogens is 176 g/mol. The Labute approximate surface area is 85.1 Å². The zero-order valence-electron chi connectivity index (χ0n) is 8.99. The lowest BCUT2D eigenvalue weighted by Crippen LogP contribution is -2.32. The summed E-state index contributed by atoms with van der Waals surface area (Å²) in [5.74, 6) is 1.86. The minimum absolute atomic E-state index is 0.898. The van der Waals surface area contributed by atoms with Crippen molar-refractivity contribution in [3.05, 3.63) is 17.5 Å². The van der Waals surface area contributed by atoms with Crippen molar-refractivity contribution in [1.82, 2.24) is 10.1 Å². The second kappa shape index (κ2) is 4.13. The number of piperidine rings is 1. The maximum atomic E-state index is 5.05. The number of hydrogen-bond acceptors (Lipinski definition) is 3. The Morgan fingerprint density at radius 2 is 2.21 bits per heavy atom. The summed E-state index contributed by atoms with van der Waals surface area (Å²) in [6, 6.07) is 0. The fourth-order valence-electron chi connectivity index (χ4n) is 1.93. The largest absolute Gasteiger partial charge is 0.361 e. The molecule has 0 bridgehead atoms. The number of hydrogen-bond donors (Lipinski definition) is 0. The Bertz CT molecular complexity index is 287. The highest BCUT2D eigenvalue weighted by Gasteiger charge is 2.17. The van der Waals surface area contributed by atoms with Crippen LogP contribution in [0.5, 0.6) is 0 Å². The summed E-state index contributed by atoms with van der Waals surface area (Å²) in [6.07, 6.45) is 4.49. The van der Waals surface area contributed by atoms with Crippen LogP contribution >= 0.6 is 0 Å². The monoisotopic (exact) mass is 194 g/mol. The Kier molecular flexibility index (Phi) is 2.87. The highest BCUT2D eigenvalue weighted by molar-refractivity contribution is 5.11. The second-order valence-electron chi connectivity index (χ2n) is 4.37. The topological polar surface area (TPSA) is 29.3 Å². The highest BCUT2D eigenvalue weighted by atomic mass is 16.5. The van der Waals surface area contributed by atoms with Crippen LogP contribution in [-0.2, 0) is 6.54 Å². The molecule has 0 N–H and O–H groups in total. The highest BCUT2D eigenvalue weighted by Crippen LogP contribution is 2.18. The molecule has 1 aliphatic rings. The normalized spacial score (nSPS) is 20.1.